The molecule has 9 heterocycles. The van der Waals surface area contributed by atoms with Crippen LogP contribution in [0.4, 0.5) is 0 Å². The average Bonchev–Trinajstić information content (AvgIpc) is 0.881. The predicted octanol–water partition coefficient (Wildman–Crippen LogP) is 7.32. The lowest BCUT2D eigenvalue weighted by Crippen LogP contribution is -2.31. The number of hydrogen-bond donors (Lipinski definition) is 9. The molecule has 0 radical (unpaired) electrons. The molecule has 0 aliphatic rings. The Labute approximate surface area is 789 Å². The van der Waals surface area contributed by atoms with E-state index in [1.54, 1.807) is 241 Å². The van der Waals surface area contributed by atoms with Gasteiger partial charge in [-0.1, -0.05) is 24.3 Å². The maximum absolute atomic E-state index is 11.5. The molecule has 0 aromatic carbocycles. The zero-order valence-corrected chi connectivity index (χ0v) is 87.5. The molecule has 41 nitrogen and oxygen atoms in total. The molecule has 9 aromatic heterocycles. The molecule has 0 spiro atoms. The van der Waals surface area contributed by atoms with Gasteiger partial charge < -0.3 is 0 Å². The molecule has 0 saturated heterocycles. The number of pyridine rings is 4. The average molecular weight is 2030 g/mol. The van der Waals surface area contributed by atoms with Crippen LogP contribution in [0.1, 0.15) is 215 Å². The van der Waals surface area contributed by atoms with Crippen molar-refractivity contribution in [3.8, 4) is 0 Å². The third-order valence-electron chi connectivity index (χ3n) is 14.3. The highest BCUT2D eigenvalue weighted by molar-refractivity contribution is 7.90. The number of nitrogens with zero attached hydrogens (tertiary/aromatic N) is 14. The molecular formula is C83H135N23O18S9. The van der Waals surface area contributed by atoms with Gasteiger partial charge in [-0.3, -0.25) is 19.9 Å². The molecule has 0 saturated carbocycles. The van der Waals surface area contributed by atoms with E-state index in [9.17, 15) is 75.8 Å². The fourth-order valence-electron chi connectivity index (χ4n) is 9.85. The van der Waals surface area contributed by atoms with E-state index in [1.165, 1.54) is 12.4 Å². The summed E-state index contributed by atoms with van der Waals surface area (Å²) in [7, 11) is -29.6. The van der Waals surface area contributed by atoms with Gasteiger partial charge in [-0.05, 0) is 248 Å². The first-order valence-corrected chi connectivity index (χ1v) is 56.6. The van der Waals surface area contributed by atoms with E-state index in [0.717, 1.165) is 38.9 Å². The highest BCUT2D eigenvalue weighted by Gasteiger charge is 2.22. The lowest BCUT2D eigenvalue weighted by Gasteiger charge is -2.08. The van der Waals surface area contributed by atoms with Crippen molar-refractivity contribution in [3.63, 3.8) is 0 Å². The third-order valence-corrected chi connectivity index (χ3v) is 27.7. The molecule has 9 rings (SSSR count). The Kier molecular flexibility index (Phi) is 54.4. The van der Waals surface area contributed by atoms with Crippen molar-refractivity contribution in [2.24, 2.45) is 0 Å². The maximum Gasteiger partial charge on any atom is 0.219 e. The molecule has 9 N–H and O–H groups in total. The molecule has 9 aromatic rings. The molecule has 133 heavy (non-hydrogen) atoms. The highest BCUT2D eigenvalue weighted by Crippen LogP contribution is 2.11. The first-order chi connectivity index (χ1) is 61.2. The van der Waals surface area contributed by atoms with Crippen LogP contribution in [0.25, 0.3) is 0 Å². The topological polar surface area (TPSA) is 596 Å². The van der Waals surface area contributed by atoms with E-state index >= 15 is 0 Å². The van der Waals surface area contributed by atoms with Crippen molar-refractivity contribution in [3.05, 3.63) is 238 Å². The van der Waals surface area contributed by atoms with Crippen LogP contribution in [0.3, 0.4) is 0 Å². The van der Waals surface area contributed by atoms with Crippen molar-refractivity contribution < 1.29 is 75.8 Å². The molecule has 744 valence electrons. The van der Waals surface area contributed by atoms with Crippen LogP contribution in [-0.2, 0) is 142 Å². The van der Waals surface area contributed by atoms with E-state index in [0.29, 0.717) is 51.9 Å². The second kappa shape index (κ2) is 59.2. The van der Waals surface area contributed by atoms with Crippen LogP contribution in [0, 0.1) is 48.5 Å². The summed E-state index contributed by atoms with van der Waals surface area (Å²) < 4.78 is 229. The van der Waals surface area contributed by atoms with E-state index < -0.39 is 90.2 Å². The summed E-state index contributed by atoms with van der Waals surface area (Å²) in [5.74, 6) is 0.430. The standard InChI is InChI=1S/3C10H16N2O2S.4C9H15N3O2S.C9H14N2O2S.C8H13N3O2S/c3*1-8(2)12-15(13,14)7-10-5-4-9(3)6-11-10;4*1-7(2)12-15(13,14)6-9-10-4-8(3)5-11-9;1-8(2)11-14(12,13)7-9-5-3-4-6-10-9;1-7(2)11-14(12,13)6-8-9-4-3-5-10-8/h3*4-6,8,12H,7H2,1-3H3;4*4-5,7,12H,6H2,1-3H3;3-6,8,11H,7H2,1-2H3;3-5,7,11H,6H2,1-2H3. The molecular weight excluding hydrogens is 1900 g/mol. The highest BCUT2D eigenvalue weighted by atomic mass is 32.2. The van der Waals surface area contributed by atoms with Gasteiger partial charge in [0.15, 0.2) is 0 Å². The monoisotopic (exact) mass is 2030 g/mol. The van der Waals surface area contributed by atoms with Gasteiger partial charge >= 0.3 is 0 Å². The Morgan fingerprint density at radius 2 is 0.338 bits per heavy atom. The molecule has 50 heteroatoms. The van der Waals surface area contributed by atoms with Crippen molar-refractivity contribution >= 4 is 90.2 Å². The van der Waals surface area contributed by atoms with Gasteiger partial charge in [-0.15, -0.1) is 0 Å². The van der Waals surface area contributed by atoms with Gasteiger partial charge in [-0.25, -0.2) is 168 Å². The number of aromatic nitrogens is 14. The lowest BCUT2D eigenvalue weighted by molar-refractivity contribution is 0.565. The Morgan fingerprint density at radius 3 is 0.496 bits per heavy atom. The second-order valence-electron chi connectivity index (χ2n) is 33.0. The summed E-state index contributed by atoms with van der Waals surface area (Å²) in [6, 6.07) is 16.7. The van der Waals surface area contributed by atoms with Crippen LogP contribution in [0.5, 0.6) is 0 Å². The number of sulfonamides is 9. The summed E-state index contributed by atoms with van der Waals surface area (Å²) >= 11 is 0. The van der Waals surface area contributed by atoms with Gasteiger partial charge in [-0.2, -0.15) is 0 Å². The number of rotatable bonds is 36. The zero-order valence-electron chi connectivity index (χ0n) is 80.2. The van der Waals surface area contributed by atoms with Gasteiger partial charge in [0.1, 0.15) is 80.9 Å². The van der Waals surface area contributed by atoms with Crippen LogP contribution >= 0.6 is 0 Å². The van der Waals surface area contributed by atoms with Crippen LogP contribution in [0.2, 0.25) is 0 Å². The van der Waals surface area contributed by atoms with E-state index in [-0.39, 0.29) is 106 Å². The van der Waals surface area contributed by atoms with Crippen LogP contribution in [-0.4, -0.2) is 200 Å². The molecule has 0 bridgehead atoms. The predicted molar refractivity (Wildman–Crippen MR) is 518 cm³/mol. The largest absolute Gasteiger partial charge is 0.260 e. The Hall–Kier alpha value is -8.81. The number of nitrogens with one attached hydrogen (secondary N) is 9. The fourth-order valence-corrected chi connectivity index (χ4v) is 21.8. The lowest BCUT2D eigenvalue weighted by atomic mass is 10.3. The second-order valence-corrected chi connectivity index (χ2v) is 48.7. The summed E-state index contributed by atoms with van der Waals surface area (Å²) in [4.78, 5) is 55.3. The van der Waals surface area contributed by atoms with Gasteiger partial charge in [0.25, 0.3) is 0 Å². The number of hydrogen-bond acceptors (Lipinski definition) is 32. The van der Waals surface area contributed by atoms with Gasteiger partial charge in [0.2, 0.25) is 90.2 Å². The van der Waals surface area contributed by atoms with E-state index in [2.05, 4.69) is 112 Å². The van der Waals surface area contributed by atoms with Gasteiger partial charge in [0.05, 0.1) is 22.8 Å². The smallest absolute Gasteiger partial charge is 0.219 e. The Balaban J connectivity index is 0.000000748. The van der Waals surface area contributed by atoms with Crippen LogP contribution in [0.15, 0.2) is 147 Å². The SMILES string of the molecule is CC(C)NS(=O)(=O)Cc1ccccn1.CC(C)NS(=O)(=O)Cc1ncccn1.Cc1ccc(CS(=O)(=O)NC(C)C)nc1.Cc1ccc(CS(=O)(=O)NC(C)C)nc1.Cc1ccc(CS(=O)(=O)NC(C)C)nc1.Cc1cnc(CS(=O)(=O)NC(C)C)nc1.Cc1cnc(CS(=O)(=O)NC(C)C)nc1.Cc1cnc(CS(=O)(=O)NC(C)C)nc1.Cc1cnc(CS(=O)(=O)NC(C)C)nc1. The quantitative estimate of drug-likeness (QED) is 0.0186. The van der Waals surface area contributed by atoms with Gasteiger partial charge in [0, 0.05) is 141 Å². The Bertz CT molecular complexity index is 5070. The zero-order chi connectivity index (χ0) is 102. The summed E-state index contributed by atoms with van der Waals surface area (Å²) in [6.45, 7) is 45.2. The minimum atomic E-state index is -3.32. The molecule has 0 aliphatic heterocycles. The molecule has 0 unspecified atom stereocenters. The Morgan fingerprint density at radius 1 is 0.180 bits per heavy atom. The molecule has 0 aliphatic carbocycles. The summed E-state index contributed by atoms with van der Waals surface area (Å²) in [6.07, 6.45) is 22.5. The summed E-state index contributed by atoms with van der Waals surface area (Å²) in [5, 5.41) is 0. The first kappa shape index (κ1) is 122. The molecule has 0 fully saturated rings. The number of aryl methyl sites for hydroxylation is 7. The van der Waals surface area contributed by atoms with E-state index in [1.807, 2.05) is 66.7 Å². The third kappa shape index (κ3) is 64.7. The van der Waals surface area contributed by atoms with Crippen molar-refractivity contribution in [1.82, 2.24) is 112 Å². The molecule has 0 atom stereocenters. The van der Waals surface area contributed by atoms with Crippen molar-refractivity contribution in [1.29, 1.82) is 0 Å². The minimum Gasteiger partial charge on any atom is -0.260 e. The fraction of sp³-hybridized carbons (Fsp3) is 0.518. The van der Waals surface area contributed by atoms with Crippen molar-refractivity contribution in [2.75, 3.05) is 0 Å². The first-order valence-electron chi connectivity index (χ1n) is 41.7. The van der Waals surface area contributed by atoms with Crippen molar-refractivity contribution in [2.45, 2.75) is 279 Å². The normalized spacial score (nSPS) is 12.0. The maximum atomic E-state index is 11.5. The minimum absolute atomic E-state index is 0.0635. The molecule has 0 amide bonds. The summed E-state index contributed by atoms with van der Waals surface area (Å²) in [5.41, 5.74) is 8.95. The van der Waals surface area contributed by atoms with E-state index in [4.69, 9.17) is 0 Å². The van der Waals surface area contributed by atoms with Crippen LogP contribution < -0.4 is 42.5 Å².